The van der Waals surface area contributed by atoms with E-state index >= 15 is 0 Å². The first-order chi connectivity index (χ1) is 11.2. The molecule has 1 aromatic rings. The van der Waals surface area contributed by atoms with Gasteiger partial charge in [0.1, 0.15) is 6.04 Å². The van der Waals surface area contributed by atoms with Crippen LogP contribution >= 0.6 is 0 Å². The van der Waals surface area contributed by atoms with Crippen molar-refractivity contribution >= 4 is 11.8 Å². The van der Waals surface area contributed by atoms with E-state index in [9.17, 15) is 9.59 Å². The molecule has 0 spiro atoms. The summed E-state index contributed by atoms with van der Waals surface area (Å²) in [6.45, 7) is 2.69. The summed E-state index contributed by atoms with van der Waals surface area (Å²) in [7, 11) is 0. The van der Waals surface area contributed by atoms with Crippen molar-refractivity contribution in [2.45, 2.75) is 51.1 Å². The second-order valence-electron chi connectivity index (χ2n) is 5.95. The van der Waals surface area contributed by atoms with E-state index in [-0.39, 0.29) is 24.5 Å². The monoisotopic (exact) mass is 318 g/mol. The van der Waals surface area contributed by atoms with E-state index < -0.39 is 6.04 Å². The highest BCUT2D eigenvalue weighted by Crippen LogP contribution is 2.21. The molecule has 0 aliphatic carbocycles. The molecule has 0 saturated carbocycles. The Balaban J connectivity index is 2.07. The second kappa shape index (κ2) is 8.67. The van der Waals surface area contributed by atoms with Crippen LogP contribution in [0.5, 0.6) is 0 Å². The summed E-state index contributed by atoms with van der Waals surface area (Å²) in [4.78, 5) is 26.3. The summed E-state index contributed by atoms with van der Waals surface area (Å²) < 4.78 is 0. The van der Waals surface area contributed by atoms with Gasteiger partial charge in [0.25, 0.3) is 0 Å². The largest absolute Gasteiger partial charge is 0.396 e. The van der Waals surface area contributed by atoms with Gasteiger partial charge in [0.2, 0.25) is 11.8 Å². The molecule has 2 rings (SSSR count). The number of benzene rings is 1. The molecule has 2 unspecified atom stereocenters. The van der Waals surface area contributed by atoms with Gasteiger partial charge in [-0.15, -0.1) is 0 Å². The highest BCUT2D eigenvalue weighted by Gasteiger charge is 2.32. The molecule has 5 heteroatoms. The van der Waals surface area contributed by atoms with Crippen LogP contribution in [0.4, 0.5) is 0 Å². The first kappa shape index (κ1) is 17.5. The van der Waals surface area contributed by atoms with Gasteiger partial charge in [-0.2, -0.15) is 0 Å². The summed E-state index contributed by atoms with van der Waals surface area (Å²) in [5.74, 6) is -0.0341. The second-order valence-corrected chi connectivity index (χ2v) is 5.95. The SMILES string of the molecule is CCC(C(=O)NC(CCCO)c1ccccc1)N1CCCC1=O. The van der Waals surface area contributed by atoms with Crippen molar-refractivity contribution in [2.24, 2.45) is 0 Å². The lowest BCUT2D eigenvalue weighted by Gasteiger charge is -2.28. The van der Waals surface area contributed by atoms with E-state index in [4.69, 9.17) is 5.11 Å². The van der Waals surface area contributed by atoms with Gasteiger partial charge in [-0.3, -0.25) is 9.59 Å². The summed E-state index contributed by atoms with van der Waals surface area (Å²) in [5.41, 5.74) is 1.02. The van der Waals surface area contributed by atoms with E-state index in [1.54, 1.807) is 4.90 Å². The lowest BCUT2D eigenvalue weighted by molar-refractivity contribution is -0.138. The first-order valence-electron chi connectivity index (χ1n) is 8.43. The van der Waals surface area contributed by atoms with E-state index in [1.165, 1.54) is 0 Å². The van der Waals surface area contributed by atoms with Crippen LogP contribution in [0.1, 0.15) is 50.6 Å². The Morgan fingerprint density at radius 1 is 1.35 bits per heavy atom. The van der Waals surface area contributed by atoms with Crippen LogP contribution in [0.2, 0.25) is 0 Å². The molecule has 126 valence electrons. The third-order valence-corrected chi connectivity index (χ3v) is 4.34. The molecule has 1 heterocycles. The maximum absolute atomic E-state index is 12.7. The normalized spacial score (nSPS) is 17.1. The molecule has 1 aliphatic heterocycles. The lowest BCUT2D eigenvalue weighted by atomic mass is 10.0. The molecule has 23 heavy (non-hydrogen) atoms. The smallest absolute Gasteiger partial charge is 0.243 e. The van der Waals surface area contributed by atoms with Crippen molar-refractivity contribution in [1.82, 2.24) is 10.2 Å². The third-order valence-electron chi connectivity index (χ3n) is 4.34. The van der Waals surface area contributed by atoms with E-state index in [1.807, 2.05) is 37.3 Å². The van der Waals surface area contributed by atoms with Crippen molar-refractivity contribution in [1.29, 1.82) is 0 Å². The van der Waals surface area contributed by atoms with Gasteiger partial charge in [0.05, 0.1) is 6.04 Å². The van der Waals surface area contributed by atoms with Gasteiger partial charge >= 0.3 is 0 Å². The molecule has 0 aromatic heterocycles. The number of carbonyl (C=O) groups excluding carboxylic acids is 2. The van der Waals surface area contributed by atoms with Crippen LogP contribution in [-0.2, 0) is 9.59 Å². The molecular formula is C18H26N2O3. The molecule has 0 radical (unpaired) electrons. The van der Waals surface area contributed by atoms with Gasteiger partial charge in [0.15, 0.2) is 0 Å². The number of carbonyl (C=O) groups is 2. The Morgan fingerprint density at radius 3 is 2.65 bits per heavy atom. The average molecular weight is 318 g/mol. The summed E-state index contributed by atoms with van der Waals surface area (Å²) in [6, 6.07) is 9.23. The number of nitrogens with zero attached hydrogens (tertiary/aromatic N) is 1. The van der Waals surface area contributed by atoms with E-state index in [0.717, 1.165) is 12.0 Å². The maximum atomic E-state index is 12.7. The van der Waals surface area contributed by atoms with E-state index in [2.05, 4.69) is 5.32 Å². The molecule has 2 atom stereocenters. The zero-order chi connectivity index (χ0) is 16.7. The number of nitrogens with one attached hydrogen (secondary N) is 1. The van der Waals surface area contributed by atoms with Crippen molar-refractivity contribution in [3.05, 3.63) is 35.9 Å². The number of aliphatic hydroxyl groups is 1. The standard InChI is InChI=1S/C18H26N2O3/c1-2-16(20-12-6-11-17(20)22)18(23)19-15(10-7-13-21)14-8-4-3-5-9-14/h3-5,8-9,15-16,21H,2,6-7,10-13H2,1H3,(H,19,23). The molecule has 2 amide bonds. The Kier molecular flexibility index (Phi) is 6.59. The lowest BCUT2D eigenvalue weighted by Crippen LogP contribution is -2.48. The van der Waals surface area contributed by atoms with Crippen LogP contribution in [-0.4, -0.2) is 41.0 Å². The molecule has 1 saturated heterocycles. The van der Waals surface area contributed by atoms with Gasteiger partial charge in [-0.05, 0) is 31.2 Å². The van der Waals surface area contributed by atoms with Crippen LogP contribution in [0.25, 0.3) is 0 Å². The Morgan fingerprint density at radius 2 is 2.09 bits per heavy atom. The molecule has 1 fully saturated rings. The number of rotatable bonds is 8. The van der Waals surface area contributed by atoms with Gasteiger partial charge in [-0.1, -0.05) is 37.3 Å². The van der Waals surface area contributed by atoms with E-state index in [0.29, 0.717) is 32.2 Å². The van der Waals surface area contributed by atoms with Crippen molar-refractivity contribution < 1.29 is 14.7 Å². The van der Waals surface area contributed by atoms with Crippen molar-refractivity contribution in [3.63, 3.8) is 0 Å². The van der Waals surface area contributed by atoms with Crippen LogP contribution in [0.15, 0.2) is 30.3 Å². The Bertz CT molecular complexity index is 518. The number of hydrogen-bond acceptors (Lipinski definition) is 3. The maximum Gasteiger partial charge on any atom is 0.243 e. The van der Waals surface area contributed by atoms with Gasteiger partial charge in [-0.25, -0.2) is 0 Å². The topological polar surface area (TPSA) is 69.6 Å². The summed E-state index contributed by atoms with van der Waals surface area (Å²) in [6.07, 6.45) is 3.28. The number of hydrogen-bond donors (Lipinski definition) is 2. The average Bonchev–Trinajstić information content (AvgIpc) is 2.99. The Labute approximate surface area is 137 Å². The number of amides is 2. The minimum absolute atomic E-state index is 0.0682. The fraction of sp³-hybridized carbons (Fsp3) is 0.556. The minimum atomic E-state index is -0.398. The number of likely N-dealkylation sites (tertiary alicyclic amines) is 1. The number of aliphatic hydroxyl groups excluding tert-OH is 1. The predicted molar refractivity (Wildman–Crippen MR) is 88.7 cm³/mol. The third kappa shape index (κ3) is 4.55. The van der Waals surface area contributed by atoms with Gasteiger partial charge in [0, 0.05) is 19.6 Å². The van der Waals surface area contributed by atoms with Crippen LogP contribution < -0.4 is 5.32 Å². The fourth-order valence-electron chi connectivity index (χ4n) is 3.12. The molecule has 5 nitrogen and oxygen atoms in total. The first-order valence-corrected chi connectivity index (χ1v) is 8.43. The highest BCUT2D eigenvalue weighted by atomic mass is 16.3. The molecular weight excluding hydrogens is 292 g/mol. The zero-order valence-corrected chi connectivity index (χ0v) is 13.7. The van der Waals surface area contributed by atoms with Crippen LogP contribution in [0, 0.1) is 0 Å². The van der Waals surface area contributed by atoms with Crippen molar-refractivity contribution in [3.8, 4) is 0 Å². The molecule has 1 aliphatic rings. The quantitative estimate of drug-likeness (QED) is 0.770. The zero-order valence-electron chi connectivity index (χ0n) is 13.7. The molecule has 0 bridgehead atoms. The predicted octanol–water partition coefficient (Wildman–Crippen LogP) is 2.02. The van der Waals surface area contributed by atoms with Gasteiger partial charge < -0.3 is 15.3 Å². The molecule has 2 N–H and O–H groups in total. The van der Waals surface area contributed by atoms with Crippen LogP contribution in [0.3, 0.4) is 0 Å². The molecule has 1 aromatic carbocycles. The summed E-state index contributed by atoms with van der Waals surface area (Å²) in [5, 5.41) is 12.2. The Hall–Kier alpha value is -1.88. The minimum Gasteiger partial charge on any atom is -0.396 e. The fourth-order valence-corrected chi connectivity index (χ4v) is 3.12. The summed E-state index contributed by atoms with van der Waals surface area (Å²) >= 11 is 0. The highest BCUT2D eigenvalue weighted by molar-refractivity contribution is 5.88. The van der Waals surface area contributed by atoms with Crippen molar-refractivity contribution in [2.75, 3.05) is 13.2 Å².